The molecule has 3 aromatic rings. The van der Waals surface area contributed by atoms with Gasteiger partial charge in [0.1, 0.15) is 5.75 Å². The van der Waals surface area contributed by atoms with Gasteiger partial charge in [-0.3, -0.25) is 0 Å². The summed E-state index contributed by atoms with van der Waals surface area (Å²) in [5, 5.41) is 0. The van der Waals surface area contributed by atoms with Crippen LogP contribution in [0.2, 0.25) is 0 Å². The van der Waals surface area contributed by atoms with Crippen molar-refractivity contribution in [2.45, 2.75) is 33.1 Å². The Kier molecular flexibility index (Phi) is 8.58. The van der Waals surface area contributed by atoms with Gasteiger partial charge in [-0.2, -0.15) is 0 Å². The maximum absolute atomic E-state index is 11.6. The summed E-state index contributed by atoms with van der Waals surface area (Å²) < 4.78 is 10.4. The van der Waals surface area contributed by atoms with E-state index in [-0.39, 0.29) is 5.97 Å². The Morgan fingerprint density at radius 3 is 1.56 bits per heavy atom. The van der Waals surface area contributed by atoms with Gasteiger partial charge in [-0.05, 0) is 73.1 Å². The van der Waals surface area contributed by atoms with E-state index >= 15 is 0 Å². The van der Waals surface area contributed by atoms with Gasteiger partial charge in [0.15, 0.2) is 0 Å². The van der Waals surface area contributed by atoms with Crippen molar-refractivity contribution in [2.24, 2.45) is 0 Å². The molecule has 0 saturated heterocycles. The smallest absolute Gasteiger partial charge is 0.338 e. The van der Waals surface area contributed by atoms with Crippen LogP contribution in [0.25, 0.3) is 22.3 Å². The molecule has 0 aromatic heterocycles. The maximum Gasteiger partial charge on any atom is 0.338 e. The molecule has 0 aliphatic heterocycles. The summed E-state index contributed by atoms with van der Waals surface area (Å²) in [5.74, 6) is -0.245. The Morgan fingerprint density at radius 1 is 0.647 bits per heavy atom. The minimum absolute atomic E-state index is 0.323. The van der Waals surface area contributed by atoms with Crippen molar-refractivity contribution in [3.63, 3.8) is 0 Å². The Bertz CT molecular complexity index is 1150. The number of carbonyl (C=O) groups is 2. The quantitative estimate of drug-likeness (QED) is 0.144. The Balaban J connectivity index is 1.53. The molecule has 4 nitrogen and oxygen atoms in total. The molecule has 0 atom stereocenters. The highest BCUT2D eigenvalue weighted by molar-refractivity contribution is 5.89. The van der Waals surface area contributed by atoms with Gasteiger partial charge in [0.25, 0.3) is 0 Å². The molecule has 174 valence electrons. The minimum atomic E-state index is -0.424. The topological polar surface area (TPSA) is 52.6 Å². The van der Waals surface area contributed by atoms with Crippen LogP contribution in [-0.4, -0.2) is 18.5 Å². The summed E-state index contributed by atoms with van der Waals surface area (Å²) in [4.78, 5) is 23.0. The molecule has 0 heterocycles. The summed E-state index contributed by atoms with van der Waals surface area (Å²) in [6, 6.07) is 24.4. The van der Waals surface area contributed by atoms with Crippen molar-refractivity contribution in [1.82, 2.24) is 0 Å². The Labute approximate surface area is 201 Å². The molecule has 0 radical (unpaired) electrons. The molecule has 0 aliphatic rings. The summed E-state index contributed by atoms with van der Waals surface area (Å²) in [6.07, 6.45) is 2.74. The van der Waals surface area contributed by atoms with Crippen LogP contribution in [0.5, 0.6) is 5.75 Å². The van der Waals surface area contributed by atoms with Gasteiger partial charge in [-0.1, -0.05) is 73.8 Å². The zero-order chi connectivity index (χ0) is 24.5. The predicted octanol–water partition coefficient (Wildman–Crippen LogP) is 6.94. The normalized spacial score (nSPS) is 10.4. The predicted molar refractivity (Wildman–Crippen MR) is 136 cm³/mol. The standard InChI is InChI=1S/C30H30O4/c1-21(2)29(31)33-20-6-5-7-23-8-10-24(11-9-23)25-12-14-26(15-13-25)27-16-18-28(19-17-27)34-30(32)22(3)4/h8-19H,1,3,5-7,20H2,2,4H3. The Morgan fingerprint density at radius 2 is 1.09 bits per heavy atom. The van der Waals surface area contributed by atoms with Gasteiger partial charge in [0.2, 0.25) is 0 Å². The summed E-state index contributed by atoms with van der Waals surface area (Å²) in [6.45, 7) is 10.9. The maximum atomic E-state index is 11.6. The number of hydrogen-bond acceptors (Lipinski definition) is 4. The van der Waals surface area contributed by atoms with Crippen LogP contribution in [0.3, 0.4) is 0 Å². The molecule has 3 aromatic carbocycles. The second-order valence-electron chi connectivity index (χ2n) is 8.34. The molecule has 4 heteroatoms. The number of unbranched alkanes of at least 4 members (excludes halogenated alkanes) is 1. The third kappa shape index (κ3) is 7.04. The van der Waals surface area contributed by atoms with E-state index in [1.54, 1.807) is 26.0 Å². The number of rotatable bonds is 10. The van der Waals surface area contributed by atoms with E-state index < -0.39 is 5.97 Å². The van der Waals surface area contributed by atoms with Crippen LogP contribution in [0.4, 0.5) is 0 Å². The third-order valence-corrected chi connectivity index (χ3v) is 5.36. The van der Waals surface area contributed by atoms with Crippen molar-refractivity contribution >= 4 is 11.9 Å². The molecular formula is C30H30O4. The minimum Gasteiger partial charge on any atom is -0.462 e. The first-order chi connectivity index (χ1) is 16.3. The van der Waals surface area contributed by atoms with Gasteiger partial charge in [0.05, 0.1) is 6.61 Å². The first-order valence-corrected chi connectivity index (χ1v) is 11.3. The van der Waals surface area contributed by atoms with E-state index in [2.05, 4.69) is 61.7 Å². The van der Waals surface area contributed by atoms with Crippen LogP contribution >= 0.6 is 0 Å². The third-order valence-electron chi connectivity index (χ3n) is 5.36. The van der Waals surface area contributed by atoms with Crippen LogP contribution < -0.4 is 4.74 Å². The molecule has 0 spiro atoms. The lowest BCUT2D eigenvalue weighted by Crippen LogP contribution is -2.07. The first kappa shape index (κ1) is 24.7. The SMILES string of the molecule is C=C(C)C(=O)OCCCCc1ccc(-c2ccc(-c3ccc(OC(=O)C(=C)C)cc3)cc2)cc1. The monoisotopic (exact) mass is 454 g/mol. The van der Waals surface area contributed by atoms with Crippen LogP contribution in [0.1, 0.15) is 32.3 Å². The average Bonchev–Trinajstić information content (AvgIpc) is 2.84. The number of carbonyl (C=O) groups excluding carboxylic acids is 2. The van der Waals surface area contributed by atoms with Crippen LogP contribution in [-0.2, 0) is 20.7 Å². The molecule has 0 amide bonds. The van der Waals surface area contributed by atoms with E-state index in [9.17, 15) is 9.59 Å². The number of hydrogen-bond donors (Lipinski definition) is 0. The second-order valence-corrected chi connectivity index (χ2v) is 8.34. The summed E-state index contributed by atoms with van der Waals surface area (Å²) in [5.41, 5.74) is 6.51. The molecule has 0 saturated carbocycles. The zero-order valence-corrected chi connectivity index (χ0v) is 19.8. The van der Waals surface area contributed by atoms with Gasteiger partial charge in [0, 0.05) is 11.1 Å². The second kappa shape index (κ2) is 11.8. The lowest BCUT2D eigenvalue weighted by atomic mass is 9.98. The fraction of sp³-hybridized carbons (Fsp3) is 0.200. The highest BCUT2D eigenvalue weighted by atomic mass is 16.5. The fourth-order valence-electron chi connectivity index (χ4n) is 3.35. The van der Waals surface area contributed by atoms with E-state index in [0.717, 1.165) is 41.5 Å². The molecule has 0 bridgehead atoms. The number of esters is 2. The lowest BCUT2D eigenvalue weighted by molar-refractivity contribution is -0.139. The molecule has 0 unspecified atom stereocenters. The van der Waals surface area contributed by atoms with Crippen molar-refractivity contribution in [1.29, 1.82) is 0 Å². The molecule has 34 heavy (non-hydrogen) atoms. The average molecular weight is 455 g/mol. The summed E-state index contributed by atoms with van der Waals surface area (Å²) >= 11 is 0. The van der Waals surface area contributed by atoms with Gasteiger partial charge >= 0.3 is 11.9 Å². The lowest BCUT2D eigenvalue weighted by Gasteiger charge is -2.08. The molecule has 0 N–H and O–H groups in total. The molecule has 3 rings (SSSR count). The van der Waals surface area contributed by atoms with E-state index in [1.165, 1.54) is 5.56 Å². The highest BCUT2D eigenvalue weighted by Crippen LogP contribution is 2.27. The van der Waals surface area contributed by atoms with Gasteiger partial charge in [-0.15, -0.1) is 0 Å². The van der Waals surface area contributed by atoms with E-state index in [4.69, 9.17) is 9.47 Å². The van der Waals surface area contributed by atoms with Crippen molar-refractivity contribution in [3.8, 4) is 28.0 Å². The van der Waals surface area contributed by atoms with Crippen LogP contribution in [0, 0.1) is 0 Å². The molecule has 0 fully saturated rings. The highest BCUT2D eigenvalue weighted by Gasteiger charge is 2.06. The number of ether oxygens (including phenoxy) is 2. The van der Waals surface area contributed by atoms with E-state index in [0.29, 0.717) is 23.5 Å². The number of benzene rings is 3. The van der Waals surface area contributed by atoms with Gasteiger partial charge < -0.3 is 9.47 Å². The Hall–Kier alpha value is -3.92. The summed E-state index contributed by atoms with van der Waals surface area (Å²) in [7, 11) is 0. The fourth-order valence-corrected chi connectivity index (χ4v) is 3.35. The van der Waals surface area contributed by atoms with Gasteiger partial charge in [-0.25, -0.2) is 9.59 Å². The first-order valence-electron chi connectivity index (χ1n) is 11.3. The van der Waals surface area contributed by atoms with Crippen molar-refractivity contribution < 1.29 is 19.1 Å². The molecule has 0 aliphatic carbocycles. The van der Waals surface area contributed by atoms with E-state index in [1.807, 2.05) is 12.1 Å². The number of aryl methyl sites for hydroxylation is 1. The van der Waals surface area contributed by atoms with Crippen molar-refractivity contribution in [3.05, 3.63) is 103 Å². The van der Waals surface area contributed by atoms with Crippen LogP contribution in [0.15, 0.2) is 97.1 Å². The largest absolute Gasteiger partial charge is 0.462 e. The zero-order valence-electron chi connectivity index (χ0n) is 19.8. The van der Waals surface area contributed by atoms with Crippen molar-refractivity contribution in [2.75, 3.05) is 6.61 Å². The molecular weight excluding hydrogens is 424 g/mol.